The zero-order valence-corrected chi connectivity index (χ0v) is 10.5. The summed E-state index contributed by atoms with van der Waals surface area (Å²) in [7, 11) is 0. The fourth-order valence-corrected chi connectivity index (χ4v) is 1.56. The fourth-order valence-electron chi connectivity index (χ4n) is 1.56. The molecule has 0 amide bonds. The van der Waals surface area contributed by atoms with Gasteiger partial charge in [-0.05, 0) is 18.9 Å². The molecule has 0 aliphatic rings. The fraction of sp³-hybridized carbons (Fsp3) is 0.462. The summed E-state index contributed by atoms with van der Waals surface area (Å²) in [6.45, 7) is 2.16. The number of aromatic amines is 2. The van der Waals surface area contributed by atoms with E-state index in [4.69, 9.17) is 5.11 Å². The van der Waals surface area contributed by atoms with Crippen LogP contribution in [0.4, 0.5) is 0 Å². The summed E-state index contributed by atoms with van der Waals surface area (Å²) in [6, 6.07) is 0. The van der Waals surface area contributed by atoms with Crippen LogP contribution in [0, 0.1) is 0 Å². The molecule has 1 rings (SSSR count). The highest BCUT2D eigenvalue weighted by molar-refractivity contribution is 5.82. The molecule has 0 atom stereocenters. The normalized spacial score (nSPS) is 11.3. The van der Waals surface area contributed by atoms with Crippen molar-refractivity contribution in [2.24, 2.45) is 0 Å². The summed E-state index contributed by atoms with van der Waals surface area (Å²) in [5.41, 5.74) is 2.65. The van der Waals surface area contributed by atoms with Crippen molar-refractivity contribution in [2.75, 3.05) is 0 Å². The second kappa shape index (κ2) is 7.35. The van der Waals surface area contributed by atoms with Crippen LogP contribution < -0.4 is 16.4 Å². The van der Waals surface area contributed by atoms with Gasteiger partial charge in [0, 0.05) is 0 Å². The third-order valence-electron chi connectivity index (χ3n) is 2.48. The number of aliphatic carboxylic acids is 1. The molecule has 98 valence electrons. The average Bonchev–Trinajstić information content (AvgIpc) is 2.67. The second-order valence-electron chi connectivity index (χ2n) is 4.05. The molecule has 0 aliphatic carbocycles. The second-order valence-corrected chi connectivity index (χ2v) is 4.05. The number of imidazole rings is 1. The van der Waals surface area contributed by atoms with E-state index in [2.05, 4.69) is 22.6 Å². The summed E-state index contributed by atoms with van der Waals surface area (Å²) in [6.07, 6.45) is 8.27. The van der Waals surface area contributed by atoms with Crippen molar-refractivity contribution in [3.8, 4) is 0 Å². The van der Waals surface area contributed by atoms with E-state index in [1.54, 1.807) is 0 Å². The maximum absolute atomic E-state index is 11.4. The van der Waals surface area contributed by atoms with Crippen LogP contribution in [-0.2, 0) is 4.79 Å². The van der Waals surface area contributed by atoms with E-state index in [0.717, 1.165) is 18.9 Å². The molecular formula is C13H18N2O3. The van der Waals surface area contributed by atoms with Crippen molar-refractivity contribution in [1.82, 2.24) is 9.97 Å². The van der Waals surface area contributed by atoms with Gasteiger partial charge in [0.05, 0.1) is 6.08 Å². The van der Waals surface area contributed by atoms with Crippen LogP contribution in [0.2, 0.25) is 0 Å². The largest absolute Gasteiger partial charge is 0.478 e. The number of hydrogen-bond acceptors (Lipinski definition) is 2. The molecule has 0 unspecified atom stereocenters. The molecule has 0 spiro atoms. The zero-order chi connectivity index (χ0) is 13.4. The van der Waals surface area contributed by atoms with Crippen LogP contribution in [0.5, 0.6) is 0 Å². The van der Waals surface area contributed by atoms with Gasteiger partial charge in [-0.25, -0.2) is 4.79 Å². The first-order chi connectivity index (χ1) is 8.63. The third-order valence-corrected chi connectivity index (χ3v) is 2.48. The Bertz CT molecular complexity index is 588. The third kappa shape index (κ3) is 4.89. The van der Waals surface area contributed by atoms with Gasteiger partial charge in [-0.15, -0.1) is 0 Å². The van der Waals surface area contributed by atoms with Gasteiger partial charge in [-0.3, -0.25) is 4.79 Å². The van der Waals surface area contributed by atoms with Crippen LogP contribution in [0.25, 0.3) is 11.8 Å². The number of carbonyl (C=O) groups is 1. The molecule has 5 nitrogen and oxygen atoms in total. The quantitative estimate of drug-likeness (QED) is 0.507. The van der Waals surface area contributed by atoms with Gasteiger partial charge in [0.2, 0.25) is 0 Å². The number of rotatable bonds is 6. The van der Waals surface area contributed by atoms with Crippen molar-refractivity contribution in [3.63, 3.8) is 0 Å². The first-order valence-electron chi connectivity index (χ1n) is 6.11. The maximum atomic E-state index is 11.4. The zero-order valence-electron chi connectivity index (χ0n) is 10.5. The number of carboxylic acid groups (broad SMARTS) is 1. The van der Waals surface area contributed by atoms with Gasteiger partial charge < -0.3 is 15.1 Å². The minimum Gasteiger partial charge on any atom is -0.478 e. The number of hydrogen-bond donors (Lipinski definition) is 3. The Morgan fingerprint density at radius 1 is 1.33 bits per heavy atom. The highest BCUT2D eigenvalue weighted by Gasteiger charge is 1.91. The number of carboxylic acids is 1. The first-order valence-corrected chi connectivity index (χ1v) is 6.11. The molecule has 0 saturated carbocycles. The molecule has 0 fully saturated rings. The van der Waals surface area contributed by atoms with E-state index >= 15 is 0 Å². The van der Waals surface area contributed by atoms with E-state index in [1.165, 1.54) is 19.3 Å². The van der Waals surface area contributed by atoms with E-state index in [1.807, 2.05) is 6.08 Å². The Labute approximate surface area is 105 Å². The summed E-state index contributed by atoms with van der Waals surface area (Å²) in [4.78, 5) is 27.1. The first kappa shape index (κ1) is 14.1. The number of aromatic nitrogens is 2. The SMILES string of the molecule is CCCCCCC=c1[nH]c(=O)c(=C=CC(=O)O)[nH]1. The standard InChI is InChI=1S/C13H18N2O3/c1-2-3-4-5-6-7-11-14-10(13(18)15-11)8-9-12(16)17/h7,9,14H,2-6H2,1H3,(H,15,18)(H,16,17). The van der Waals surface area contributed by atoms with Gasteiger partial charge in [-0.1, -0.05) is 31.9 Å². The summed E-state index contributed by atoms with van der Waals surface area (Å²) in [5, 5.41) is 8.58. The van der Waals surface area contributed by atoms with Gasteiger partial charge >= 0.3 is 5.97 Å². The van der Waals surface area contributed by atoms with E-state index < -0.39 is 5.97 Å². The molecule has 5 heteroatoms. The van der Waals surface area contributed by atoms with Gasteiger partial charge in [0.25, 0.3) is 5.56 Å². The Hall–Kier alpha value is -2.00. The lowest BCUT2D eigenvalue weighted by molar-refractivity contribution is -0.131. The number of unbranched alkanes of at least 4 members (excludes halogenated alkanes) is 4. The molecule has 18 heavy (non-hydrogen) atoms. The predicted molar refractivity (Wildman–Crippen MR) is 69.5 cm³/mol. The molecule has 1 aromatic rings. The molecule has 1 heterocycles. The number of H-pyrrole nitrogens is 2. The lowest BCUT2D eigenvalue weighted by Gasteiger charge is -1.92. The molecular weight excluding hydrogens is 232 g/mol. The van der Waals surface area contributed by atoms with Crippen molar-refractivity contribution in [1.29, 1.82) is 0 Å². The van der Waals surface area contributed by atoms with Crippen LogP contribution >= 0.6 is 0 Å². The lowest BCUT2D eigenvalue weighted by atomic mass is 10.1. The predicted octanol–water partition coefficient (Wildman–Crippen LogP) is 0.474. The van der Waals surface area contributed by atoms with Crippen LogP contribution in [0.15, 0.2) is 10.9 Å². The maximum Gasteiger partial charge on any atom is 0.336 e. The topological polar surface area (TPSA) is 85.9 Å². The van der Waals surface area contributed by atoms with Crippen molar-refractivity contribution < 1.29 is 9.90 Å². The molecule has 1 aromatic heterocycles. The van der Waals surface area contributed by atoms with E-state index in [-0.39, 0.29) is 10.9 Å². The highest BCUT2D eigenvalue weighted by atomic mass is 16.4. The number of nitrogens with one attached hydrogen (secondary N) is 2. The Kier molecular flexibility index (Phi) is 5.74. The Morgan fingerprint density at radius 3 is 2.78 bits per heavy atom. The minimum atomic E-state index is -1.13. The minimum absolute atomic E-state index is 0.136. The van der Waals surface area contributed by atoms with Gasteiger partial charge in [0.15, 0.2) is 0 Å². The van der Waals surface area contributed by atoms with Crippen LogP contribution in [0.3, 0.4) is 0 Å². The average molecular weight is 250 g/mol. The lowest BCUT2D eigenvalue weighted by Crippen LogP contribution is -2.21. The highest BCUT2D eigenvalue weighted by Crippen LogP contribution is 2.01. The van der Waals surface area contributed by atoms with Crippen molar-refractivity contribution in [2.45, 2.75) is 39.0 Å². The monoisotopic (exact) mass is 250 g/mol. The van der Waals surface area contributed by atoms with Crippen molar-refractivity contribution in [3.05, 3.63) is 27.3 Å². The van der Waals surface area contributed by atoms with E-state index in [9.17, 15) is 9.59 Å². The summed E-state index contributed by atoms with van der Waals surface area (Å²) < 4.78 is 0. The van der Waals surface area contributed by atoms with Gasteiger partial charge in [0.1, 0.15) is 10.8 Å². The van der Waals surface area contributed by atoms with Gasteiger partial charge in [-0.2, -0.15) is 0 Å². The molecule has 3 N–H and O–H groups in total. The molecule has 0 aliphatic heterocycles. The van der Waals surface area contributed by atoms with Crippen LogP contribution in [0.1, 0.15) is 39.0 Å². The van der Waals surface area contributed by atoms with E-state index in [0.29, 0.717) is 5.48 Å². The molecule has 0 radical (unpaired) electrons. The Morgan fingerprint density at radius 2 is 2.11 bits per heavy atom. The smallest absolute Gasteiger partial charge is 0.336 e. The summed E-state index contributed by atoms with van der Waals surface area (Å²) in [5.74, 6) is -1.13. The van der Waals surface area contributed by atoms with Crippen molar-refractivity contribution >= 4 is 17.8 Å². The van der Waals surface area contributed by atoms with Crippen LogP contribution in [-0.4, -0.2) is 21.0 Å². The molecule has 0 aromatic carbocycles. The Balaban J connectivity index is 2.78. The summed E-state index contributed by atoms with van der Waals surface area (Å²) >= 11 is 0. The molecule has 0 bridgehead atoms. The molecule has 0 saturated heterocycles.